The smallest absolute Gasteiger partial charge is 0.259 e. The fraction of sp³-hybridized carbons (Fsp3) is 0.250. The topological polar surface area (TPSA) is 54.0 Å². The highest BCUT2D eigenvalue weighted by Gasteiger charge is 2.13. The maximum absolute atomic E-state index is 13.5. The molecule has 1 aromatic carbocycles. The summed E-state index contributed by atoms with van der Waals surface area (Å²) in [5.74, 6) is -0.654. The normalized spacial score (nSPS) is 10.2. The Hall–Kier alpha value is -2.43. The number of amides is 1. The van der Waals surface area contributed by atoms with E-state index >= 15 is 0 Å². The number of aromatic nitrogens is 1. The van der Waals surface area contributed by atoms with Gasteiger partial charge in [-0.25, -0.2) is 4.39 Å². The van der Waals surface area contributed by atoms with Gasteiger partial charge in [0.15, 0.2) is 0 Å². The van der Waals surface area contributed by atoms with E-state index in [-0.39, 0.29) is 11.7 Å². The molecule has 2 aromatic rings. The predicted molar refractivity (Wildman–Crippen MR) is 82.1 cm³/mol. The molecule has 0 atom stereocenters. The summed E-state index contributed by atoms with van der Waals surface area (Å²) in [6.07, 6.45) is 4.08. The largest absolute Gasteiger partial charge is 0.384 e. The van der Waals surface area contributed by atoms with Crippen molar-refractivity contribution in [1.82, 2.24) is 4.98 Å². The highest BCUT2D eigenvalue weighted by Crippen LogP contribution is 2.20. The first-order valence-corrected chi connectivity index (χ1v) is 6.87. The second kappa shape index (κ2) is 6.83. The summed E-state index contributed by atoms with van der Waals surface area (Å²) in [6, 6.07) is 6.36. The van der Waals surface area contributed by atoms with Gasteiger partial charge in [-0.3, -0.25) is 9.78 Å². The Morgan fingerprint density at radius 1 is 1.29 bits per heavy atom. The minimum atomic E-state index is -0.344. The molecule has 4 nitrogen and oxygen atoms in total. The Labute approximate surface area is 123 Å². The van der Waals surface area contributed by atoms with Crippen molar-refractivity contribution >= 4 is 17.3 Å². The van der Waals surface area contributed by atoms with Crippen molar-refractivity contribution in [3.63, 3.8) is 0 Å². The lowest BCUT2D eigenvalue weighted by Crippen LogP contribution is -2.16. The summed E-state index contributed by atoms with van der Waals surface area (Å²) in [5, 5.41) is 5.91. The van der Waals surface area contributed by atoms with Gasteiger partial charge in [-0.15, -0.1) is 0 Å². The van der Waals surface area contributed by atoms with Crippen LogP contribution in [0.15, 0.2) is 36.7 Å². The van der Waals surface area contributed by atoms with Crippen molar-refractivity contribution in [3.05, 3.63) is 53.6 Å². The van der Waals surface area contributed by atoms with Gasteiger partial charge in [0, 0.05) is 30.2 Å². The zero-order valence-electron chi connectivity index (χ0n) is 12.1. The van der Waals surface area contributed by atoms with E-state index in [2.05, 4.69) is 15.6 Å². The Bertz CT molecular complexity index is 643. The summed E-state index contributed by atoms with van der Waals surface area (Å²) in [4.78, 5) is 16.3. The van der Waals surface area contributed by atoms with Crippen molar-refractivity contribution < 1.29 is 9.18 Å². The molecule has 5 heteroatoms. The summed E-state index contributed by atoms with van der Waals surface area (Å²) in [7, 11) is 0. The van der Waals surface area contributed by atoms with Crippen LogP contribution in [0.3, 0.4) is 0 Å². The number of nitrogens with one attached hydrogen (secondary N) is 2. The molecular weight excluding hydrogens is 269 g/mol. The molecule has 21 heavy (non-hydrogen) atoms. The Kier molecular flexibility index (Phi) is 4.87. The van der Waals surface area contributed by atoms with Crippen LogP contribution in [0.1, 0.15) is 29.3 Å². The lowest BCUT2D eigenvalue weighted by atomic mass is 10.1. The van der Waals surface area contributed by atoms with Gasteiger partial charge < -0.3 is 10.6 Å². The fourth-order valence-electron chi connectivity index (χ4n) is 1.92. The molecule has 0 fully saturated rings. The summed E-state index contributed by atoms with van der Waals surface area (Å²) >= 11 is 0. The molecule has 0 aliphatic rings. The number of pyridine rings is 1. The van der Waals surface area contributed by atoms with Gasteiger partial charge >= 0.3 is 0 Å². The van der Waals surface area contributed by atoms with Gasteiger partial charge in [-0.1, -0.05) is 13.0 Å². The van der Waals surface area contributed by atoms with Crippen LogP contribution in [0.2, 0.25) is 0 Å². The second-order valence-corrected chi connectivity index (χ2v) is 4.71. The van der Waals surface area contributed by atoms with Crippen LogP contribution in [0, 0.1) is 12.7 Å². The van der Waals surface area contributed by atoms with Gasteiger partial charge in [-0.2, -0.15) is 0 Å². The van der Waals surface area contributed by atoms with Gasteiger partial charge in [0.1, 0.15) is 5.82 Å². The zero-order chi connectivity index (χ0) is 15.2. The minimum Gasteiger partial charge on any atom is -0.384 e. The van der Waals surface area contributed by atoms with Crippen LogP contribution in [0.25, 0.3) is 0 Å². The molecule has 0 spiro atoms. The fourth-order valence-corrected chi connectivity index (χ4v) is 1.92. The Morgan fingerprint density at radius 2 is 2.10 bits per heavy atom. The molecule has 0 bridgehead atoms. The van der Waals surface area contributed by atoms with Crippen LogP contribution in [0.5, 0.6) is 0 Å². The third kappa shape index (κ3) is 3.56. The first-order valence-electron chi connectivity index (χ1n) is 6.87. The van der Waals surface area contributed by atoms with Gasteiger partial charge in [0.25, 0.3) is 5.91 Å². The number of nitrogens with zero attached hydrogens (tertiary/aromatic N) is 1. The average Bonchev–Trinajstić information content (AvgIpc) is 2.50. The molecule has 0 aliphatic heterocycles. The maximum atomic E-state index is 13.5. The third-order valence-electron chi connectivity index (χ3n) is 3.15. The minimum absolute atomic E-state index is 0.310. The van der Waals surface area contributed by atoms with Crippen molar-refractivity contribution in [2.75, 3.05) is 17.2 Å². The van der Waals surface area contributed by atoms with E-state index in [1.54, 1.807) is 31.3 Å². The molecule has 110 valence electrons. The van der Waals surface area contributed by atoms with Crippen molar-refractivity contribution in [2.24, 2.45) is 0 Å². The van der Waals surface area contributed by atoms with E-state index < -0.39 is 0 Å². The molecule has 1 heterocycles. The van der Waals surface area contributed by atoms with Gasteiger partial charge in [0.05, 0.1) is 11.3 Å². The molecule has 0 radical (unpaired) electrons. The maximum Gasteiger partial charge on any atom is 0.259 e. The number of anilines is 2. The molecule has 1 aromatic heterocycles. The molecule has 0 unspecified atom stereocenters. The van der Waals surface area contributed by atoms with E-state index in [0.29, 0.717) is 16.8 Å². The lowest BCUT2D eigenvalue weighted by Gasteiger charge is -2.12. The highest BCUT2D eigenvalue weighted by molar-refractivity contribution is 6.08. The van der Waals surface area contributed by atoms with Crippen LogP contribution in [0.4, 0.5) is 15.8 Å². The Morgan fingerprint density at radius 3 is 2.86 bits per heavy atom. The summed E-state index contributed by atoms with van der Waals surface area (Å²) < 4.78 is 13.5. The standard InChI is InChI=1S/C16H18FN3O/c1-3-8-19-15-7-9-18-10-12(15)16(21)20-14-6-4-5-13(17)11(14)2/h4-7,9-10H,3,8H2,1-2H3,(H,18,19)(H,20,21). The third-order valence-corrected chi connectivity index (χ3v) is 3.15. The summed E-state index contributed by atoms with van der Waals surface area (Å²) in [5.41, 5.74) is 2.04. The number of hydrogen-bond acceptors (Lipinski definition) is 3. The van der Waals surface area contributed by atoms with Crippen molar-refractivity contribution in [1.29, 1.82) is 0 Å². The number of carbonyl (C=O) groups is 1. The molecule has 2 N–H and O–H groups in total. The number of halogens is 1. The second-order valence-electron chi connectivity index (χ2n) is 4.71. The molecule has 2 rings (SSSR count). The van der Waals surface area contributed by atoms with E-state index in [4.69, 9.17) is 0 Å². The number of rotatable bonds is 5. The van der Waals surface area contributed by atoms with Gasteiger partial charge in [0.2, 0.25) is 0 Å². The predicted octanol–water partition coefficient (Wildman–Crippen LogP) is 3.60. The SMILES string of the molecule is CCCNc1ccncc1C(=O)Nc1cccc(F)c1C. The van der Waals surface area contributed by atoms with E-state index in [9.17, 15) is 9.18 Å². The van der Waals surface area contributed by atoms with E-state index in [1.165, 1.54) is 12.3 Å². The zero-order valence-corrected chi connectivity index (χ0v) is 12.1. The highest BCUT2D eigenvalue weighted by atomic mass is 19.1. The Balaban J connectivity index is 2.22. The first kappa shape index (κ1) is 15.0. The van der Waals surface area contributed by atoms with Crippen LogP contribution >= 0.6 is 0 Å². The average molecular weight is 287 g/mol. The summed E-state index contributed by atoms with van der Waals surface area (Å²) in [6.45, 7) is 4.44. The van der Waals surface area contributed by atoms with E-state index in [0.717, 1.165) is 18.7 Å². The molecule has 1 amide bonds. The van der Waals surface area contributed by atoms with E-state index in [1.807, 2.05) is 6.92 Å². The number of carbonyl (C=O) groups excluding carboxylic acids is 1. The molecule has 0 saturated heterocycles. The van der Waals surface area contributed by atoms with Crippen LogP contribution in [-0.4, -0.2) is 17.4 Å². The van der Waals surface area contributed by atoms with Crippen LogP contribution in [-0.2, 0) is 0 Å². The lowest BCUT2D eigenvalue weighted by molar-refractivity contribution is 0.102. The van der Waals surface area contributed by atoms with Crippen LogP contribution < -0.4 is 10.6 Å². The first-order chi connectivity index (χ1) is 10.1. The number of benzene rings is 1. The van der Waals surface area contributed by atoms with Crippen molar-refractivity contribution in [2.45, 2.75) is 20.3 Å². The van der Waals surface area contributed by atoms with Crippen molar-refractivity contribution in [3.8, 4) is 0 Å². The number of hydrogen-bond donors (Lipinski definition) is 2. The monoisotopic (exact) mass is 287 g/mol. The quantitative estimate of drug-likeness (QED) is 0.883. The molecule has 0 aliphatic carbocycles. The molecule has 0 saturated carbocycles. The molecular formula is C16H18FN3O. The van der Waals surface area contributed by atoms with Gasteiger partial charge in [-0.05, 0) is 31.5 Å².